The van der Waals surface area contributed by atoms with Crippen molar-refractivity contribution >= 4 is 21.8 Å². The highest BCUT2D eigenvalue weighted by Crippen LogP contribution is 2.42. The summed E-state index contributed by atoms with van der Waals surface area (Å²) < 4.78 is 6.02. The molecule has 5 heteroatoms. The summed E-state index contributed by atoms with van der Waals surface area (Å²) >= 11 is 3.27. The molecule has 0 saturated carbocycles. The number of carbonyl (C=O) groups is 1. The second-order valence-corrected chi connectivity index (χ2v) is 4.51. The molecule has 0 fully saturated rings. The first-order valence-electron chi connectivity index (χ1n) is 5.20. The number of benzene rings is 1. The normalized spacial score (nSPS) is 17.8. The number of ether oxygens (including phenoxy) is 1. The van der Waals surface area contributed by atoms with Gasteiger partial charge in [-0.2, -0.15) is 0 Å². The second-order valence-electron chi connectivity index (χ2n) is 3.72. The van der Waals surface area contributed by atoms with Crippen molar-refractivity contribution in [1.29, 1.82) is 0 Å². The molecule has 0 radical (unpaired) electrons. The first kappa shape index (κ1) is 12.0. The van der Waals surface area contributed by atoms with Crippen molar-refractivity contribution in [2.45, 2.75) is 12.5 Å². The number of phenols is 1. The van der Waals surface area contributed by atoms with Crippen LogP contribution in [0.2, 0.25) is 0 Å². The number of fused-ring (bicyclic) bond motifs is 1. The Morgan fingerprint density at radius 1 is 1.65 bits per heavy atom. The third kappa shape index (κ3) is 2.29. The SMILES string of the molecule is C=CC(=O)NC1CCOc2c1ccc(O)c2Br. The lowest BCUT2D eigenvalue weighted by Gasteiger charge is -2.27. The minimum absolute atomic E-state index is 0.110. The second kappa shape index (κ2) is 4.79. The number of nitrogens with one attached hydrogen (secondary N) is 1. The highest BCUT2D eigenvalue weighted by Gasteiger charge is 2.25. The lowest BCUT2D eigenvalue weighted by molar-refractivity contribution is -0.117. The summed E-state index contributed by atoms with van der Waals surface area (Å²) in [4.78, 5) is 11.3. The van der Waals surface area contributed by atoms with E-state index in [1.54, 1.807) is 12.1 Å². The fourth-order valence-electron chi connectivity index (χ4n) is 1.80. The molecule has 2 N–H and O–H groups in total. The van der Waals surface area contributed by atoms with E-state index in [9.17, 15) is 9.90 Å². The molecule has 1 heterocycles. The molecular formula is C12H12BrNO3. The minimum Gasteiger partial charge on any atom is -0.507 e. The molecule has 17 heavy (non-hydrogen) atoms. The van der Waals surface area contributed by atoms with Gasteiger partial charge in [0.25, 0.3) is 0 Å². The van der Waals surface area contributed by atoms with Crippen LogP contribution in [-0.2, 0) is 4.79 Å². The monoisotopic (exact) mass is 297 g/mol. The number of aromatic hydroxyl groups is 1. The van der Waals surface area contributed by atoms with Gasteiger partial charge < -0.3 is 15.2 Å². The maximum atomic E-state index is 11.3. The van der Waals surface area contributed by atoms with E-state index in [0.29, 0.717) is 23.2 Å². The lowest BCUT2D eigenvalue weighted by Crippen LogP contribution is -2.30. The van der Waals surface area contributed by atoms with Crippen LogP contribution in [0.4, 0.5) is 0 Å². The highest BCUT2D eigenvalue weighted by atomic mass is 79.9. The van der Waals surface area contributed by atoms with Gasteiger partial charge in [0, 0.05) is 12.0 Å². The molecule has 0 saturated heterocycles. The summed E-state index contributed by atoms with van der Waals surface area (Å²) in [5.74, 6) is 0.497. The predicted octanol–water partition coefficient (Wildman–Crippen LogP) is 2.28. The Labute approximate surface area is 107 Å². The quantitative estimate of drug-likeness (QED) is 0.824. The average Bonchev–Trinajstić information content (AvgIpc) is 2.34. The summed E-state index contributed by atoms with van der Waals surface area (Å²) in [6, 6.07) is 3.22. The molecule has 0 spiro atoms. The first-order chi connectivity index (χ1) is 8.13. The van der Waals surface area contributed by atoms with Gasteiger partial charge in [-0.15, -0.1) is 0 Å². The minimum atomic E-state index is -0.216. The van der Waals surface area contributed by atoms with Gasteiger partial charge in [-0.3, -0.25) is 4.79 Å². The Balaban J connectivity index is 2.35. The van der Waals surface area contributed by atoms with Gasteiger partial charge in [0.15, 0.2) is 0 Å². The molecular weight excluding hydrogens is 286 g/mol. The summed E-state index contributed by atoms with van der Waals surface area (Å²) in [7, 11) is 0. The van der Waals surface area contributed by atoms with Crippen molar-refractivity contribution < 1.29 is 14.6 Å². The molecule has 2 rings (SSSR count). The molecule has 1 atom stereocenters. The van der Waals surface area contributed by atoms with Crippen LogP contribution in [0, 0.1) is 0 Å². The van der Waals surface area contributed by atoms with Gasteiger partial charge in [-0.1, -0.05) is 6.58 Å². The van der Waals surface area contributed by atoms with E-state index in [-0.39, 0.29) is 17.7 Å². The third-order valence-corrected chi connectivity index (χ3v) is 3.40. The number of carbonyl (C=O) groups excluding carboxylic acids is 1. The number of amides is 1. The number of phenolic OH excluding ortho intramolecular Hbond substituents is 1. The van der Waals surface area contributed by atoms with E-state index >= 15 is 0 Å². The Morgan fingerprint density at radius 2 is 2.41 bits per heavy atom. The van der Waals surface area contributed by atoms with E-state index in [0.717, 1.165) is 5.56 Å². The lowest BCUT2D eigenvalue weighted by atomic mass is 10.0. The molecule has 0 aromatic heterocycles. The first-order valence-corrected chi connectivity index (χ1v) is 6.00. The average molecular weight is 298 g/mol. The summed E-state index contributed by atoms with van der Waals surface area (Å²) in [5, 5.41) is 12.4. The van der Waals surface area contributed by atoms with Crippen LogP contribution in [0.25, 0.3) is 0 Å². The summed E-state index contributed by atoms with van der Waals surface area (Å²) in [6.45, 7) is 3.92. The van der Waals surface area contributed by atoms with Crippen molar-refractivity contribution in [3.8, 4) is 11.5 Å². The smallest absolute Gasteiger partial charge is 0.243 e. The summed E-state index contributed by atoms with van der Waals surface area (Å²) in [6.07, 6.45) is 1.94. The molecule has 1 aromatic carbocycles. The van der Waals surface area contributed by atoms with E-state index in [1.165, 1.54) is 6.08 Å². The van der Waals surface area contributed by atoms with Crippen LogP contribution in [0.3, 0.4) is 0 Å². The van der Waals surface area contributed by atoms with E-state index < -0.39 is 0 Å². The van der Waals surface area contributed by atoms with Gasteiger partial charge in [-0.25, -0.2) is 0 Å². The molecule has 1 amide bonds. The fraction of sp³-hybridized carbons (Fsp3) is 0.250. The van der Waals surface area contributed by atoms with Crippen LogP contribution >= 0.6 is 15.9 Å². The zero-order valence-electron chi connectivity index (χ0n) is 9.07. The highest BCUT2D eigenvalue weighted by molar-refractivity contribution is 9.10. The standard InChI is InChI=1S/C12H12BrNO3/c1-2-10(16)14-8-5-6-17-12-7(8)3-4-9(15)11(12)13/h2-4,8,15H,1,5-6H2,(H,14,16). The molecule has 1 aliphatic rings. The maximum Gasteiger partial charge on any atom is 0.243 e. The Kier molecular flexibility index (Phi) is 3.38. The van der Waals surface area contributed by atoms with Crippen LogP contribution in [0.1, 0.15) is 18.0 Å². The van der Waals surface area contributed by atoms with E-state index in [4.69, 9.17) is 4.74 Å². The van der Waals surface area contributed by atoms with Crippen molar-refractivity contribution in [1.82, 2.24) is 5.32 Å². The zero-order valence-corrected chi connectivity index (χ0v) is 10.7. The Bertz CT molecular complexity index is 473. The molecule has 4 nitrogen and oxygen atoms in total. The van der Waals surface area contributed by atoms with E-state index in [1.807, 2.05) is 0 Å². The molecule has 1 aliphatic heterocycles. The zero-order chi connectivity index (χ0) is 12.4. The van der Waals surface area contributed by atoms with Crippen LogP contribution in [-0.4, -0.2) is 17.6 Å². The van der Waals surface area contributed by atoms with Crippen LogP contribution < -0.4 is 10.1 Å². The van der Waals surface area contributed by atoms with Gasteiger partial charge in [-0.05, 0) is 34.1 Å². The molecule has 1 unspecified atom stereocenters. The Hall–Kier alpha value is -1.49. The largest absolute Gasteiger partial charge is 0.507 e. The molecule has 0 bridgehead atoms. The van der Waals surface area contributed by atoms with Gasteiger partial charge in [0.2, 0.25) is 5.91 Å². The van der Waals surface area contributed by atoms with Crippen molar-refractivity contribution in [2.24, 2.45) is 0 Å². The summed E-state index contributed by atoms with van der Waals surface area (Å²) in [5.41, 5.74) is 0.858. The number of halogens is 1. The van der Waals surface area contributed by atoms with Crippen molar-refractivity contribution in [3.63, 3.8) is 0 Å². The van der Waals surface area contributed by atoms with Gasteiger partial charge in [0.1, 0.15) is 16.0 Å². The number of hydrogen-bond acceptors (Lipinski definition) is 3. The van der Waals surface area contributed by atoms with Gasteiger partial charge >= 0.3 is 0 Å². The van der Waals surface area contributed by atoms with Crippen molar-refractivity contribution in [2.75, 3.05) is 6.61 Å². The third-order valence-electron chi connectivity index (χ3n) is 2.64. The molecule has 0 aliphatic carbocycles. The van der Waals surface area contributed by atoms with Crippen molar-refractivity contribution in [3.05, 3.63) is 34.8 Å². The molecule has 1 aromatic rings. The Morgan fingerprint density at radius 3 is 3.12 bits per heavy atom. The van der Waals surface area contributed by atoms with Crippen LogP contribution in [0.15, 0.2) is 29.3 Å². The predicted molar refractivity (Wildman–Crippen MR) is 67.0 cm³/mol. The topological polar surface area (TPSA) is 58.6 Å². The molecule has 90 valence electrons. The van der Waals surface area contributed by atoms with Gasteiger partial charge in [0.05, 0.1) is 12.6 Å². The van der Waals surface area contributed by atoms with E-state index in [2.05, 4.69) is 27.8 Å². The number of rotatable bonds is 2. The maximum absolute atomic E-state index is 11.3. The number of hydrogen-bond donors (Lipinski definition) is 2. The van der Waals surface area contributed by atoms with Crippen LogP contribution in [0.5, 0.6) is 11.5 Å². The fourth-order valence-corrected chi connectivity index (χ4v) is 2.27.